The van der Waals surface area contributed by atoms with Gasteiger partial charge in [0, 0.05) is 19.3 Å². The van der Waals surface area contributed by atoms with Crippen LogP contribution < -0.4 is 10.6 Å². The number of aromatic nitrogens is 2. The number of alkyl carbamates (subject to hydrolysis) is 1. The largest absolute Gasteiger partial charge is 0.461 e. The van der Waals surface area contributed by atoms with E-state index in [9.17, 15) is 9.59 Å². The predicted molar refractivity (Wildman–Crippen MR) is 85.5 cm³/mol. The maximum Gasteiger partial charge on any atom is 0.407 e. The van der Waals surface area contributed by atoms with Gasteiger partial charge in [0.25, 0.3) is 0 Å². The summed E-state index contributed by atoms with van der Waals surface area (Å²) in [6, 6.07) is 0. The van der Waals surface area contributed by atoms with Crippen LogP contribution in [0.2, 0.25) is 0 Å². The smallest absolute Gasteiger partial charge is 0.407 e. The maximum absolute atomic E-state index is 11.8. The SMILES string of the molecule is CCOC(=O)c1ncc(C)nc1NCCNC(=O)OC(C)(C)C. The van der Waals surface area contributed by atoms with Crippen LogP contribution in [0.3, 0.4) is 0 Å². The number of anilines is 1. The first-order valence-corrected chi connectivity index (χ1v) is 7.44. The van der Waals surface area contributed by atoms with Crippen molar-refractivity contribution < 1.29 is 19.1 Å². The topological polar surface area (TPSA) is 102 Å². The first kappa shape index (κ1) is 18.7. The monoisotopic (exact) mass is 324 g/mol. The minimum Gasteiger partial charge on any atom is -0.461 e. The van der Waals surface area contributed by atoms with Crippen molar-refractivity contribution in [2.24, 2.45) is 0 Å². The van der Waals surface area contributed by atoms with Crippen molar-refractivity contribution in [3.8, 4) is 0 Å². The van der Waals surface area contributed by atoms with Crippen molar-refractivity contribution in [2.75, 3.05) is 25.0 Å². The van der Waals surface area contributed by atoms with E-state index < -0.39 is 17.7 Å². The highest BCUT2D eigenvalue weighted by Crippen LogP contribution is 2.11. The molecule has 0 bridgehead atoms. The summed E-state index contributed by atoms with van der Waals surface area (Å²) in [5.41, 5.74) is 0.242. The van der Waals surface area contributed by atoms with Crippen LogP contribution in [-0.2, 0) is 9.47 Å². The molecular weight excluding hydrogens is 300 g/mol. The van der Waals surface area contributed by atoms with Gasteiger partial charge in [-0.1, -0.05) is 0 Å². The summed E-state index contributed by atoms with van der Waals surface area (Å²) in [6.45, 7) is 9.80. The molecule has 0 saturated heterocycles. The van der Waals surface area contributed by atoms with Gasteiger partial charge in [-0.3, -0.25) is 0 Å². The van der Waals surface area contributed by atoms with Crippen molar-refractivity contribution >= 4 is 17.9 Å². The lowest BCUT2D eigenvalue weighted by Crippen LogP contribution is -2.35. The molecule has 0 aliphatic carbocycles. The lowest BCUT2D eigenvalue weighted by Gasteiger charge is -2.19. The Balaban J connectivity index is 2.56. The van der Waals surface area contributed by atoms with Crippen LogP contribution in [0.15, 0.2) is 6.20 Å². The average Bonchev–Trinajstić information content (AvgIpc) is 2.42. The Hall–Kier alpha value is -2.38. The number of aryl methyl sites for hydroxylation is 1. The number of ether oxygens (including phenoxy) is 2. The number of esters is 1. The first-order valence-electron chi connectivity index (χ1n) is 7.44. The van der Waals surface area contributed by atoms with Crippen molar-refractivity contribution in [1.29, 1.82) is 0 Å². The van der Waals surface area contributed by atoms with Gasteiger partial charge >= 0.3 is 12.1 Å². The van der Waals surface area contributed by atoms with Crippen LogP contribution in [0.5, 0.6) is 0 Å². The molecule has 128 valence electrons. The molecule has 0 fully saturated rings. The quantitative estimate of drug-likeness (QED) is 0.608. The fourth-order valence-electron chi connectivity index (χ4n) is 1.61. The predicted octanol–water partition coefficient (Wildman–Crippen LogP) is 1.90. The molecule has 1 amide bonds. The van der Waals surface area contributed by atoms with E-state index in [1.165, 1.54) is 6.20 Å². The summed E-state index contributed by atoms with van der Waals surface area (Å²) in [5.74, 6) is -0.211. The van der Waals surface area contributed by atoms with Gasteiger partial charge < -0.3 is 20.1 Å². The Morgan fingerprint density at radius 2 is 1.96 bits per heavy atom. The van der Waals surface area contributed by atoms with Crippen LogP contribution in [0, 0.1) is 6.92 Å². The molecule has 1 aromatic rings. The Kier molecular flexibility index (Phi) is 6.74. The minimum atomic E-state index is -0.545. The highest BCUT2D eigenvalue weighted by Gasteiger charge is 2.17. The second-order valence-electron chi connectivity index (χ2n) is 5.78. The Morgan fingerprint density at radius 3 is 2.57 bits per heavy atom. The van der Waals surface area contributed by atoms with Gasteiger partial charge in [-0.2, -0.15) is 0 Å². The molecule has 0 spiro atoms. The number of nitrogens with zero attached hydrogens (tertiary/aromatic N) is 2. The zero-order valence-electron chi connectivity index (χ0n) is 14.2. The third-order valence-electron chi connectivity index (χ3n) is 2.45. The number of carbonyl (C=O) groups excluding carboxylic acids is 2. The van der Waals surface area contributed by atoms with E-state index >= 15 is 0 Å². The molecule has 1 heterocycles. The van der Waals surface area contributed by atoms with Gasteiger partial charge in [-0.25, -0.2) is 19.6 Å². The normalized spacial score (nSPS) is 10.8. The Morgan fingerprint density at radius 1 is 1.26 bits per heavy atom. The molecule has 0 saturated carbocycles. The highest BCUT2D eigenvalue weighted by atomic mass is 16.6. The summed E-state index contributed by atoms with van der Waals surface area (Å²) in [5, 5.41) is 5.58. The molecule has 2 N–H and O–H groups in total. The van der Waals surface area contributed by atoms with Gasteiger partial charge in [0.2, 0.25) is 0 Å². The van der Waals surface area contributed by atoms with Gasteiger partial charge in [0.1, 0.15) is 5.60 Å². The molecule has 0 aromatic carbocycles. The maximum atomic E-state index is 11.8. The van der Waals surface area contributed by atoms with E-state index in [4.69, 9.17) is 9.47 Å². The minimum absolute atomic E-state index is 0.120. The standard InChI is InChI=1S/C15H24N4O4/c1-6-22-13(20)11-12(19-10(2)9-18-11)16-7-8-17-14(21)23-15(3,4)5/h9H,6-8H2,1-5H3,(H,16,19)(H,17,21). The van der Waals surface area contributed by atoms with Crippen LogP contribution >= 0.6 is 0 Å². The third kappa shape index (κ3) is 6.94. The number of hydrogen-bond donors (Lipinski definition) is 2. The third-order valence-corrected chi connectivity index (χ3v) is 2.45. The Labute approximate surface area is 136 Å². The number of rotatable bonds is 6. The average molecular weight is 324 g/mol. The van der Waals surface area contributed by atoms with Crippen LogP contribution in [0.1, 0.15) is 43.9 Å². The number of hydrogen-bond acceptors (Lipinski definition) is 7. The second kappa shape index (κ2) is 8.30. The highest BCUT2D eigenvalue weighted by molar-refractivity contribution is 5.92. The first-order chi connectivity index (χ1) is 10.7. The van der Waals surface area contributed by atoms with E-state index in [2.05, 4.69) is 20.6 Å². The summed E-state index contributed by atoms with van der Waals surface area (Å²) in [7, 11) is 0. The summed E-state index contributed by atoms with van der Waals surface area (Å²) < 4.78 is 10.1. The van der Waals surface area contributed by atoms with Crippen LogP contribution in [0.25, 0.3) is 0 Å². The molecule has 0 unspecified atom stereocenters. The Bertz CT molecular complexity index is 555. The number of nitrogens with one attached hydrogen (secondary N) is 2. The van der Waals surface area contributed by atoms with E-state index in [1.807, 2.05) is 0 Å². The molecular formula is C15H24N4O4. The van der Waals surface area contributed by atoms with Crippen molar-refractivity contribution in [3.05, 3.63) is 17.6 Å². The van der Waals surface area contributed by atoms with Crippen LogP contribution in [0.4, 0.5) is 10.6 Å². The zero-order chi connectivity index (χ0) is 17.5. The van der Waals surface area contributed by atoms with Crippen molar-refractivity contribution in [2.45, 2.75) is 40.2 Å². The fourth-order valence-corrected chi connectivity index (χ4v) is 1.61. The van der Waals surface area contributed by atoms with Gasteiger partial charge in [-0.15, -0.1) is 0 Å². The van der Waals surface area contributed by atoms with Gasteiger partial charge in [-0.05, 0) is 34.6 Å². The summed E-state index contributed by atoms with van der Waals surface area (Å²) in [6.07, 6.45) is 0.997. The molecule has 0 atom stereocenters. The molecule has 8 heteroatoms. The van der Waals surface area contributed by atoms with E-state index in [0.29, 0.717) is 24.6 Å². The molecule has 0 radical (unpaired) electrons. The van der Waals surface area contributed by atoms with Crippen molar-refractivity contribution in [1.82, 2.24) is 15.3 Å². The summed E-state index contributed by atoms with van der Waals surface area (Å²) >= 11 is 0. The molecule has 23 heavy (non-hydrogen) atoms. The fraction of sp³-hybridized carbons (Fsp3) is 0.600. The number of amides is 1. The number of carbonyl (C=O) groups is 2. The van der Waals surface area contributed by atoms with Gasteiger partial charge in [0.05, 0.1) is 12.3 Å². The van der Waals surface area contributed by atoms with Crippen molar-refractivity contribution in [3.63, 3.8) is 0 Å². The molecule has 1 aromatic heterocycles. The summed E-state index contributed by atoms with van der Waals surface area (Å²) in [4.78, 5) is 31.6. The lowest BCUT2D eigenvalue weighted by atomic mass is 10.2. The molecule has 8 nitrogen and oxygen atoms in total. The molecule has 0 aliphatic heterocycles. The zero-order valence-corrected chi connectivity index (χ0v) is 14.2. The van der Waals surface area contributed by atoms with E-state index in [-0.39, 0.29) is 12.3 Å². The molecule has 1 rings (SSSR count). The van der Waals surface area contributed by atoms with Crippen LogP contribution in [-0.4, -0.2) is 47.3 Å². The second-order valence-corrected chi connectivity index (χ2v) is 5.78. The van der Waals surface area contributed by atoms with E-state index in [1.54, 1.807) is 34.6 Å². The van der Waals surface area contributed by atoms with E-state index in [0.717, 1.165) is 0 Å². The van der Waals surface area contributed by atoms with Gasteiger partial charge in [0.15, 0.2) is 11.5 Å². The molecule has 0 aliphatic rings. The lowest BCUT2D eigenvalue weighted by molar-refractivity contribution is 0.0512.